The average Bonchev–Trinajstić information content (AvgIpc) is 2.80. The number of nitrogens with two attached hydrogens (primary N) is 1. The number of hydrogen-bond acceptors (Lipinski definition) is 2. The van der Waals surface area contributed by atoms with Gasteiger partial charge in [0.2, 0.25) is 0 Å². The number of rotatable bonds is 2. The lowest BCUT2D eigenvalue weighted by Gasteiger charge is -2.21. The van der Waals surface area contributed by atoms with Crippen LogP contribution in [-0.2, 0) is 6.42 Å². The number of hydrogen-bond donors (Lipinski definition) is 1. The first kappa shape index (κ1) is 14.2. The first-order valence-electron chi connectivity index (χ1n) is 7.32. The van der Waals surface area contributed by atoms with Crippen molar-refractivity contribution >= 4 is 0 Å². The first-order chi connectivity index (χ1) is 10.0. The molecular weight excluding hydrogens is 272 g/mol. The summed E-state index contributed by atoms with van der Waals surface area (Å²) in [6, 6.07) is 3.77. The third kappa shape index (κ3) is 2.25. The second-order valence-corrected chi connectivity index (χ2v) is 5.88. The second kappa shape index (κ2) is 5.22. The fourth-order valence-electron chi connectivity index (χ4n) is 3.06. The average molecular weight is 291 g/mol. The lowest BCUT2D eigenvalue weighted by molar-refractivity contribution is 0.533. The molecule has 112 valence electrons. The van der Waals surface area contributed by atoms with Gasteiger partial charge in [-0.05, 0) is 37.3 Å². The molecule has 1 aliphatic rings. The summed E-state index contributed by atoms with van der Waals surface area (Å²) in [5.41, 5.74) is 8.78. The summed E-state index contributed by atoms with van der Waals surface area (Å²) in [6.45, 7) is 4.04. The van der Waals surface area contributed by atoms with Crippen molar-refractivity contribution < 1.29 is 8.78 Å². The zero-order valence-corrected chi connectivity index (χ0v) is 12.2. The smallest absolute Gasteiger partial charge is 0.151 e. The number of halogens is 2. The molecule has 5 heteroatoms. The lowest BCUT2D eigenvalue weighted by atomic mass is 9.89. The van der Waals surface area contributed by atoms with Crippen LogP contribution in [0.5, 0.6) is 0 Å². The molecule has 0 fully saturated rings. The van der Waals surface area contributed by atoms with Crippen molar-refractivity contribution in [2.75, 3.05) is 0 Å². The van der Waals surface area contributed by atoms with Crippen LogP contribution in [0.25, 0.3) is 5.69 Å². The Morgan fingerprint density at radius 3 is 2.57 bits per heavy atom. The van der Waals surface area contributed by atoms with E-state index in [1.165, 1.54) is 22.9 Å². The normalized spacial score (nSPS) is 18.1. The molecule has 1 aromatic carbocycles. The van der Waals surface area contributed by atoms with Crippen LogP contribution in [0.2, 0.25) is 0 Å². The van der Waals surface area contributed by atoms with Gasteiger partial charge in [-0.3, -0.25) is 0 Å². The van der Waals surface area contributed by atoms with E-state index in [1.807, 2.05) is 13.8 Å². The van der Waals surface area contributed by atoms with Crippen molar-refractivity contribution in [1.82, 2.24) is 9.78 Å². The van der Waals surface area contributed by atoms with Crippen LogP contribution in [0.4, 0.5) is 8.78 Å². The topological polar surface area (TPSA) is 43.8 Å². The van der Waals surface area contributed by atoms with Gasteiger partial charge < -0.3 is 5.73 Å². The number of para-hydroxylation sites is 1. The summed E-state index contributed by atoms with van der Waals surface area (Å²) in [4.78, 5) is 0. The van der Waals surface area contributed by atoms with Gasteiger partial charge in [0.25, 0.3) is 0 Å². The molecule has 0 aliphatic heterocycles. The van der Waals surface area contributed by atoms with Crippen molar-refractivity contribution in [3.63, 3.8) is 0 Å². The molecule has 1 unspecified atom stereocenters. The predicted octanol–water partition coefficient (Wildman–Crippen LogP) is 3.61. The third-order valence-electron chi connectivity index (χ3n) is 4.05. The number of fused-ring (bicyclic) bond motifs is 1. The maximum atomic E-state index is 14.1. The number of aromatic nitrogens is 2. The van der Waals surface area contributed by atoms with Crippen molar-refractivity contribution in [1.29, 1.82) is 0 Å². The Hall–Kier alpha value is -1.75. The quantitative estimate of drug-likeness (QED) is 0.918. The molecule has 2 N–H and O–H groups in total. The summed E-state index contributed by atoms with van der Waals surface area (Å²) in [7, 11) is 0. The zero-order chi connectivity index (χ0) is 15.1. The van der Waals surface area contributed by atoms with Gasteiger partial charge in [0.05, 0.1) is 5.69 Å². The number of benzene rings is 1. The molecule has 2 aromatic rings. The van der Waals surface area contributed by atoms with E-state index in [2.05, 4.69) is 5.10 Å². The molecule has 0 saturated carbocycles. The Labute approximate surface area is 122 Å². The fourth-order valence-corrected chi connectivity index (χ4v) is 3.06. The standard InChI is InChI=1S/C16H19F2N3/c1-9(2)15-14-12(19)7-4-8-13(14)21(20-15)16-10(17)5-3-6-11(16)18/h3,5-6,9,12H,4,7-8,19H2,1-2H3. The van der Waals surface area contributed by atoms with Crippen LogP contribution in [0, 0.1) is 11.6 Å². The Balaban J connectivity index is 2.27. The molecule has 1 aliphatic carbocycles. The summed E-state index contributed by atoms with van der Waals surface area (Å²) < 4.78 is 29.6. The predicted molar refractivity (Wildman–Crippen MR) is 77.4 cm³/mol. The molecule has 0 spiro atoms. The van der Waals surface area contributed by atoms with E-state index in [1.54, 1.807) is 0 Å². The molecule has 1 heterocycles. The van der Waals surface area contributed by atoms with Gasteiger partial charge in [-0.25, -0.2) is 13.5 Å². The molecule has 0 bridgehead atoms. The van der Waals surface area contributed by atoms with Crippen LogP contribution < -0.4 is 5.73 Å². The molecule has 1 atom stereocenters. The maximum absolute atomic E-state index is 14.1. The lowest BCUT2D eigenvalue weighted by Crippen LogP contribution is -2.19. The summed E-state index contributed by atoms with van der Waals surface area (Å²) in [6.07, 6.45) is 2.54. The maximum Gasteiger partial charge on any atom is 0.151 e. The van der Waals surface area contributed by atoms with E-state index in [-0.39, 0.29) is 17.6 Å². The van der Waals surface area contributed by atoms with Gasteiger partial charge in [0.15, 0.2) is 11.6 Å². The van der Waals surface area contributed by atoms with Gasteiger partial charge in [0, 0.05) is 17.3 Å². The highest BCUT2D eigenvalue weighted by Gasteiger charge is 2.29. The Morgan fingerprint density at radius 1 is 1.29 bits per heavy atom. The van der Waals surface area contributed by atoms with Crippen molar-refractivity contribution in [2.45, 2.75) is 45.1 Å². The zero-order valence-electron chi connectivity index (χ0n) is 12.2. The highest BCUT2D eigenvalue weighted by Crippen LogP contribution is 2.36. The van der Waals surface area contributed by atoms with Gasteiger partial charge in [-0.15, -0.1) is 0 Å². The van der Waals surface area contributed by atoms with Gasteiger partial charge in [-0.1, -0.05) is 19.9 Å². The van der Waals surface area contributed by atoms with Crippen LogP contribution in [0.3, 0.4) is 0 Å². The number of nitrogens with zero attached hydrogens (tertiary/aromatic N) is 2. The van der Waals surface area contributed by atoms with Crippen LogP contribution in [0.1, 0.15) is 55.6 Å². The van der Waals surface area contributed by atoms with E-state index >= 15 is 0 Å². The minimum Gasteiger partial charge on any atom is -0.324 e. The highest BCUT2D eigenvalue weighted by molar-refractivity contribution is 5.42. The molecule has 3 rings (SSSR count). The van der Waals surface area contributed by atoms with E-state index in [0.29, 0.717) is 0 Å². The molecule has 0 saturated heterocycles. The monoisotopic (exact) mass is 291 g/mol. The minimum absolute atomic E-state index is 0.102. The Morgan fingerprint density at radius 2 is 1.95 bits per heavy atom. The molecule has 3 nitrogen and oxygen atoms in total. The second-order valence-electron chi connectivity index (χ2n) is 5.88. The molecular formula is C16H19F2N3. The SMILES string of the molecule is CC(C)c1nn(-c2c(F)cccc2F)c2c1C(N)CCC2. The summed E-state index contributed by atoms with van der Waals surface area (Å²) in [5, 5.41) is 4.49. The van der Waals surface area contributed by atoms with E-state index in [9.17, 15) is 8.78 Å². The largest absolute Gasteiger partial charge is 0.324 e. The summed E-state index contributed by atoms with van der Waals surface area (Å²) >= 11 is 0. The summed E-state index contributed by atoms with van der Waals surface area (Å²) in [5.74, 6) is -1.04. The van der Waals surface area contributed by atoms with Crippen LogP contribution in [-0.4, -0.2) is 9.78 Å². The molecule has 0 radical (unpaired) electrons. The van der Waals surface area contributed by atoms with Crippen LogP contribution >= 0.6 is 0 Å². The Bertz CT molecular complexity index is 656. The molecule has 1 aromatic heterocycles. The fraction of sp³-hybridized carbons (Fsp3) is 0.438. The van der Waals surface area contributed by atoms with Gasteiger partial charge >= 0.3 is 0 Å². The van der Waals surface area contributed by atoms with E-state index in [0.717, 1.165) is 36.2 Å². The van der Waals surface area contributed by atoms with Gasteiger partial charge in [-0.2, -0.15) is 5.10 Å². The molecule has 21 heavy (non-hydrogen) atoms. The minimum atomic E-state index is -0.602. The van der Waals surface area contributed by atoms with E-state index < -0.39 is 11.6 Å². The van der Waals surface area contributed by atoms with E-state index in [4.69, 9.17) is 5.73 Å². The first-order valence-corrected chi connectivity index (χ1v) is 7.32. The third-order valence-corrected chi connectivity index (χ3v) is 4.05. The van der Waals surface area contributed by atoms with Gasteiger partial charge in [0.1, 0.15) is 5.69 Å². The van der Waals surface area contributed by atoms with Crippen LogP contribution in [0.15, 0.2) is 18.2 Å². The highest BCUT2D eigenvalue weighted by atomic mass is 19.1. The van der Waals surface area contributed by atoms with Crippen molar-refractivity contribution in [2.24, 2.45) is 5.73 Å². The molecule has 0 amide bonds. The van der Waals surface area contributed by atoms with Crippen molar-refractivity contribution in [3.05, 3.63) is 46.8 Å². The van der Waals surface area contributed by atoms with Crippen molar-refractivity contribution in [3.8, 4) is 5.69 Å². The Kier molecular flexibility index (Phi) is 3.53.